The highest BCUT2D eigenvalue weighted by Crippen LogP contribution is 2.26. The van der Waals surface area contributed by atoms with Crippen molar-refractivity contribution >= 4 is 28.8 Å². The summed E-state index contributed by atoms with van der Waals surface area (Å²) in [6.45, 7) is 5.25. The summed E-state index contributed by atoms with van der Waals surface area (Å²) in [5.74, 6) is -1.38. The second-order valence-electron chi connectivity index (χ2n) is 6.02. The number of benzene rings is 1. The molecule has 0 aromatic heterocycles. The van der Waals surface area contributed by atoms with Crippen LogP contribution in [0.1, 0.15) is 31.1 Å². The Morgan fingerprint density at radius 3 is 2.37 bits per heavy atom. The molecule has 0 unspecified atom stereocenters. The van der Waals surface area contributed by atoms with Gasteiger partial charge in [-0.05, 0) is 36.6 Å². The molecule has 10 heteroatoms. The van der Waals surface area contributed by atoms with Gasteiger partial charge in [0.2, 0.25) is 0 Å². The van der Waals surface area contributed by atoms with E-state index in [0.29, 0.717) is 17.2 Å². The first-order chi connectivity index (χ1) is 12.6. The second-order valence-corrected chi connectivity index (χ2v) is 6.02. The molecule has 0 saturated carbocycles. The van der Waals surface area contributed by atoms with Gasteiger partial charge in [0, 0.05) is 11.6 Å². The van der Waals surface area contributed by atoms with Gasteiger partial charge in [0.05, 0.1) is 15.9 Å². The molecule has 0 aliphatic heterocycles. The zero-order valence-electron chi connectivity index (χ0n) is 14.7. The lowest BCUT2D eigenvalue weighted by Gasteiger charge is -2.14. The number of carbonyl (C=O) groups excluding carboxylic acids is 2. The number of hydrogen-bond donors (Lipinski definition) is 0. The molecule has 0 fully saturated rings. The molecule has 1 aromatic rings. The first kappa shape index (κ1) is 19.6. The van der Waals surface area contributed by atoms with E-state index in [4.69, 9.17) is 4.84 Å². The van der Waals surface area contributed by atoms with Crippen LogP contribution in [0.5, 0.6) is 0 Å². The van der Waals surface area contributed by atoms with Crippen molar-refractivity contribution in [2.45, 2.75) is 20.8 Å². The SMILES string of the molecule is CC1=CC(=O)C(C(C)C)=CC1=NOC(=O)c1ccc([N+](=O)[O-])cc1[N+](=O)[O-]. The Hall–Kier alpha value is -3.69. The van der Waals surface area contributed by atoms with Gasteiger partial charge >= 0.3 is 5.97 Å². The standard InChI is InChI=1S/C17H15N3O7/c1-9(2)13-8-14(10(3)6-16(13)21)18-27-17(22)12-5-4-11(19(23)24)7-15(12)20(25)26/h4-9H,1-3H3. The van der Waals surface area contributed by atoms with Crippen molar-refractivity contribution < 1.29 is 24.3 Å². The van der Waals surface area contributed by atoms with E-state index in [9.17, 15) is 29.8 Å². The van der Waals surface area contributed by atoms with Crippen LogP contribution in [0.25, 0.3) is 0 Å². The van der Waals surface area contributed by atoms with Crippen molar-refractivity contribution in [3.63, 3.8) is 0 Å². The fourth-order valence-corrected chi connectivity index (χ4v) is 2.33. The van der Waals surface area contributed by atoms with Crippen LogP contribution >= 0.6 is 0 Å². The number of hydrogen-bond acceptors (Lipinski definition) is 8. The summed E-state index contributed by atoms with van der Waals surface area (Å²) in [6, 6.07) is 2.56. The van der Waals surface area contributed by atoms with Crippen molar-refractivity contribution in [1.82, 2.24) is 0 Å². The Morgan fingerprint density at radius 1 is 1.15 bits per heavy atom. The summed E-state index contributed by atoms with van der Waals surface area (Å²) in [5, 5.41) is 25.5. The number of nitrogens with zero attached hydrogens (tertiary/aromatic N) is 3. The molecule has 10 nitrogen and oxygen atoms in total. The van der Waals surface area contributed by atoms with Crippen molar-refractivity contribution in [1.29, 1.82) is 0 Å². The van der Waals surface area contributed by atoms with E-state index in [2.05, 4.69) is 5.16 Å². The minimum atomic E-state index is -1.15. The monoisotopic (exact) mass is 373 g/mol. The van der Waals surface area contributed by atoms with E-state index >= 15 is 0 Å². The number of carbonyl (C=O) groups is 2. The average Bonchev–Trinajstić information content (AvgIpc) is 2.59. The summed E-state index contributed by atoms with van der Waals surface area (Å²) in [5.41, 5.74) is -0.586. The normalized spacial score (nSPS) is 15.4. The zero-order chi connectivity index (χ0) is 20.3. The van der Waals surface area contributed by atoms with E-state index in [1.807, 2.05) is 13.8 Å². The Balaban J connectivity index is 2.34. The van der Waals surface area contributed by atoms with Gasteiger partial charge in [0.25, 0.3) is 11.4 Å². The van der Waals surface area contributed by atoms with Gasteiger partial charge in [-0.1, -0.05) is 19.0 Å². The van der Waals surface area contributed by atoms with Crippen LogP contribution in [0.4, 0.5) is 11.4 Å². The number of oxime groups is 1. The van der Waals surface area contributed by atoms with Crippen LogP contribution < -0.4 is 0 Å². The Bertz CT molecular complexity index is 942. The molecule has 0 N–H and O–H groups in total. The predicted octanol–water partition coefficient (Wildman–Crippen LogP) is 3.13. The van der Waals surface area contributed by atoms with E-state index in [-0.39, 0.29) is 17.4 Å². The molecule has 0 saturated heterocycles. The molecular weight excluding hydrogens is 358 g/mol. The molecule has 140 valence electrons. The summed E-state index contributed by atoms with van der Waals surface area (Å²) in [6.07, 6.45) is 2.84. The van der Waals surface area contributed by atoms with Gasteiger partial charge in [0.15, 0.2) is 5.78 Å². The van der Waals surface area contributed by atoms with Crippen molar-refractivity contribution in [2.24, 2.45) is 11.1 Å². The highest BCUT2D eigenvalue weighted by atomic mass is 16.7. The lowest BCUT2D eigenvalue weighted by atomic mass is 9.90. The third-order valence-electron chi connectivity index (χ3n) is 3.79. The number of rotatable bonds is 5. The van der Waals surface area contributed by atoms with E-state index in [0.717, 1.165) is 12.1 Å². The average molecular weight is 373 g/mol. The number of non-ortho nitro benzene ring substituents is 1. The predicted molar refractivity (Wildman–Crippen MR) is 94.3 cm³/mol. The Morgan fingerprint density at radius 2 is 1.81 bits per heavy atom. The highest BCUT2D eigenvalue weighted by Gasteiger charge is 2.26. The maximum atomic E-state index is 12.2. The van der Waals surface area contributed by atoms with Gasteiger partial charge in [-0.2, -0.15) is 0 Å². The molecule has 1 aliphatic carbocycles. The third-order valence-corrected chi connectivity index (χ3v) is 3.79. The van der Waals surface area contributed by atoms with Gasteiger partial charge in [-0.3, -0.25) is 25.0 Å². The van der Waals surface area contributed by atoms with Crippen LogP contribution in [0.2, 0.25) is 0 Å². The molecule has 0 atom stereocenters. The van der Waals surface area contributed by atoms with Gasteiger partial charge in [-0.25, -0.2) is 4.79 Å². The van der Waals surface area contributed by atoms with Crippen LogP contribution in [0, 0.1) is 26.1 Å². The molecule has 0 spiro atoms. The minimum Gasteiger partial charge on any atom is -0.312 e. The topological polar surface area (TPSA) is 142 Å². The molecule has 0 radical (unpaired) electrons. The van der Waals surface area contributed by atoms with Crippen molar-refractivity contribution in [2.75, 3.05) is 0 Å². The van der Waals surface area contributed by atoms with Crippen LogP contribution in [-0.4, -0.2) is 27.3 Å². The summed E-state index contributed by atoms with van der Waals surface area (Å²) in [4.78, 5) is 49.0. The molecule has 2 rings (SSSR count). The molecule has 0 bridgehead atoms. The maximum Gasteiger partial charge on any atom is 0.372 e. The second kappa shape index (κ2) is 7.68. The lowest BCUT2D eigenvalue weighted by molar-refractivity contribution is -0.394. The summed E-state index contributed by atoms with van der Waals surface area (Å²) < 4.78 is 0. The number of ketones is 1. The minimum absolute atomic E-state index is 0.0708. The largest absolute Gasteiger partial charge is 0.372 e. The zero-order valence-corrected chi connectivity index (χ0v) is 14.7. The van der Waals surface area contributed by atoms with E-state index in [1.165, 1.54) is 12.2 Å². The quantitative estimate of drug-likeness (QED) is 0.334. The van der Waals surface area contributed by atoms with Gasteiger partial charge in [-0.15, -0.1) is 0 Å². The number of nitro benzene ring substituents is 2. The Labute approximate surface area is 153 Å². The molecule has 0 amide bonds. The fraction of sp³-hybridized carbons (Fsp3) is 0.235. The van der Waals surface area contributed by atoms with E-state index in [1.54, 1.807) is 6.92 Å². The van der Waals surface area contributed by atoms with Gasteiger partial charge in [0.1, 0.15) is 11.3 Å². The van der Waals surface area contributed by atoms with Crippen LogP contribution in [-0.2, 0) is 9.63 Å². The molecular formula is C17H15N3O7. The van der Waals surface area contributed by atoms with Crippen LogP contribution in [0.3, 0.4) is 0 Å². The van der Waals surface area contributed by atoms with Crippen molar-refractivity contribution in [3.05, 3.63) is 67.3 Å². The molecule has 27 heavy (non-hydrogen) atoms. The Kier molecular flexibility index (Phi) is 5.59. The summed E-state index contributed by atoms with van der Waals surface area (Å²) in [7, 11) is 0. The first-order valence-corrected chi connectivity index (χ1v) is 7.78. The number of nitro groups is 2. The van der Waals surface area contributed by atoms with Gasteiger partial charge < -0.3 is 4.84 Å². The number of allylic oxidation sites excluding steroid dienone is 4. The van der Waals surface area contributed by atoms with E-state index < -0.39 is 32.8 Å². The molecule has 1 aromatic carbocycles. The lowest BCUT2D eigenvalue weighted by Crippen LogP contribution is -2.16. The molecule has 0 heterocycles. The maximum absolute atomic E-state index is 12.2. The fourth-order valence-electron chi connectivity index (χ4n) is 2.33. The third kappa shape index (κ3) is 4.29. The first-order valence-electron chi connectivity index (χ1n) is 7.78. The van der Waals surface area contributed by atoms with Crippen molar-refractivity contribution in [3.8, 4) is 0 Å². The summed E-state index contributed by atoms with van der Waals surface area (Å²) >= 11 is 0. The van der Waals surface area contributed by atoms with Crippen LogP contribution in [0.15, 0.2) is 46.7 Å². The smallest absolute Gasteiger partial charge is 0.312 e. The molecule has 1 aliphatic rings. The highest BCUT2D eigenvalue weighted by molar-refractivity contribution is 6.21.